The largest absolute Gasteiger partial charge is 0.478 e. The SMILES string of the molecule is C=CC(=O)O.CC(C)=CCO. The Morgan fingerprint density at radius 1 is 1.55 bits per heavy atom. The first-order valence-corrected chi connectivity index (χ1v) is 3.14. The fraction of sp³-hybridized carbons (Fsp3) is 0.375. The third-order valence-corrected chi connectivity index (χ3v) is 0.674. The van der Waals surface area contributed by atoms with Crippen LogP contribution in [-0.2, 0) is 4.79 Å². The van der Waals surface area contributed by atoms with E-state index in [4.69, 9.17) is 10.2 Å². The third kappa shape index (κ3) is 27.8. The quantitative estimate of drug-likeness (QED) is 0.469. The number of carbonyl (C=O) groups is 1. The second-order valence-electron chi connectivity index (χ2n) is 2.01. The molecule has 0 unspecified atom stereocenters. The number of aliphatic carboxylic acids is 1. The lowest BCUT2D eigenvalue weighted by atomic mass is 10.3. The van der Waals surface area contributed by atoms with Gasteiger partial charge in [0.25, 0.3) is 0 Å². The van der Waals surface area contributed by atoms with Gasteiger partial charge in [-0.25, -0.2) is 4.79 Å². The van der Waals surface area contributed by atoms with E-state index in [0.29, 0.717) is 0 Å². The molecule has 0 atom stereocenters. The molecule has 3 heteroatoms. The average Bonchev–Trinajstić information content (AvgIpc) is 1.89. The van der Waals surface area contributed by atoms with Crippen molar-refractivity contribution in [2.45, 2.75) is 13.8 Å². The van der Waals surface area contributed by atoms with Crippen LogP contribution in [-0.4, -0.2) is 22.8 Å². The minimum Gasteiger partial charge on any atom is -0.478 e. The minimum atomic E-state index is -0.981. The number of carboxylic acid groups (broad SMARTS) is 1. The molecular formula is C8H14O3. The molecule has 0 aliphatic carbocycles. The average molecular weight is 158 g/mol. The standard InChI is InChI=1S/C5H10O.C3H4O2/c1-5(2)3-4-6;1-2-3(4)5/h3,6H,4H2,1-2H3;2H,1H2,(H,4,5). The highest BCUT2D eigenvalue weighted by Crippen LogP contribution is 1.83. The van der Waals surface area contributed by atoms with Crippen molar-refractivity contribution in [3.8, 4) is 0 Å². The highest BCUT2D eigenvalue weighted by Gasteiger charge is 1.73. The Labute approximate surface area is 66.7 Å². The lowest BCUT2D eigenvalue weighted by Crippen LogP contribution is -1.82. The fourth-order valence-electron chi connectivity index (χ4n) is 0.183. The molecule has 0 heterocycles. The van der Waals surface area contributed by atoms with Crippen molar-refractivity contribution in [3.63, 3.8) is 0 Å². The minimum absolute atomic E-state index is 0.169. The van der Waals surface area contributed by atoms with Crippen LogP contribution in [0.4, 0.5) is 0 Å². The Bertz CT molecular complexity index is 143. The van der Waals surface area contributed by atoms with Crippen molar-refractivity contribution in [2.75, 3.05) is 6.61 Å². The predicted molar refractivity (Wildman–Crippen MR) is 44.3 cm³/mol. The second-order valence-corrected chi connectivity index (χ2v) is 2.01. The Balaban J connectivity index is 0. The summed E-state index contributed by atoms with van der Waals surface area (Å²) in [7, 11) is 0. The molecule has 0 saturated carbocycles. The second kappa shape index (κ2) is 8.91. The Morgan fingerprint density at radius 2 is 1.91 bits per heavy atom. The van der Waals surface area contributed by atoms with E-state index in [-0.39, 0.29) is 6.61 Å². The summed E-state index contributed by atoms with van der Waals surface area (Å²) in [4.78, 5) is 9.25. The van der Waals surface area contributed by atoms with E-state index in [9.17, 15) is 4.79 Å². The summed E-state index contributed by atoms with van der Waals surface area (Å²) in [5.41, 5.74) is 1.16. The summed E-state index contributed by atoms with van der Waals surface area (Å²) in [5.74, 6) is -0.981. The predicted octanol–water partition coefficient (Wildman–Crippen LogP) is 1.20. The molecule has 0 fully saturated rings. The molecule has 0 spiro atoms. The first kappa shape index (κ1) is 12.6. The van der Waals surface area contributed by atoms with Gasteiger partial charge in [-0.05, 0) is 13.8 Å². The van der Waals surface area contributed by atoms with E-state index in [1.54, 1.807) is 6.08 Å². The zero-order valence-corrected chi connectivity index (χ0v) is 6.87. The molecule has 0 bridgehead atoms. The molecule has 0 aromatic heterocycles. The molecule has 0 aliphatic heterocycles. The molecular weight excluding hydrogens is 144 g/mol. The molecule has 0 radical (unpaired) electrons. The van der Waals surface area contributed by atoms with Gasteiger partial charge < -0.3 is 10.2 Å². The van der Waals surface area contributed by atoms with Crippen LogP contribution < -0.4 is 0 Å². The molecule has 0 amide bonds. The van der Waals surface area contributed by atoms with Gasteiger partial charge in [0, 0.05) is 6.08 Å². The fourth-order valence-corrected chi connectivity index (χ4v) is 0.183. The van der Waals surface area contributed by atoms with Gasteiger partial charge in [-0.2, -0.15) is 0 Å². The lowest BCUT2D eigenvalue weighted by molar-refractivity contribution is -0.131. The van der Waals surface area contributed by atoms with E-state index in [0.717, 1.165) is 11.6 Å². The van der Waals surface area contributed by atoms with E-state index in [1.807, 2.05) is 13.8 Å². The summed E-state index contributed by atoms with van der Waals surface area (Å²) in [6.07, 6.45) is 2.60. The number of carboxylic acids is 1. The van der Waals surface area contributed by atoms with Gasteiger partial charge in [-0.15, -0.1) is 0 Å². The highest BCUT2D eigenvalue weighted by molar-refractivity contribution is 5.78. The third-order valence-electron chi connectivity index (χ3n) is 0.674. The van der Waals surface area contributed by atoms with Crippen molar-refractivity contribution in [1.29, 1.82) is 0 Å². The maximum absolute atomic E-state index is 9.25. The van der Waals surface area contributed by atoms with Crippen LogP contribution >= 0.6 is 0 Å². The van der Waals surface area contributed by atoms with Gasteiger partial charge in [-0.3, -0.25) is 0 Å². The summed E-state index contributed by atoms with van der Waals surface area (Å²) in [6.45, 7) is 7.04. The zero-order valence-electron chi connectivity index (χ0n) is 6.87. The van der Waals surface area contributed by atoms with E-state index in [2.05, 4.69) is 6.58 Å². The maximum atomic E-state index is 9.25. The molecule has 11 heavy (non-hydrogen) atoms. The van der Waals surface area contributed by atoms with Gasteiger partial charge in [0.15, 0.2) is 0 Å². The van der Waals surface area contributed by atoms with Crippen molar-refractivity contribution < 1.29 is 15.0 Å². The van der Waals surface area contributed by atoms with Crippen molar-refractivity contribution in [1.82, 2.24) is 0 Å². The van der Waals surface area contributed by atoms with Crippen LogP contribution in [0.2, 0.25) is 0 Å². The first-order chi connectivity index (χ1) is 5.04. The summed E-state index contributed by atoms with van der Waals surface area (Å²) in [6, 6.07) is 0. The summed E-state index contributed by atoms with van der Waals surface area (Å²) >= 11 is 0. The number of aliphatic hydroxyl groups excluding tert-OH is 1. The van der Waals surface area contributed by atoms with E-state index in [1.165, 1.54) is 0 Å². The maximum Gasteiger partial charge on any atom is 0.327 e. The number of hydrogen-bond acceptors (Lipinski definition) is 2. The van der Waals surface area contributed by atoms with Crippen molar-refractivity contribution >= 4 is 5.97 Å². The monoisotopic (exact) mass is 158 g/mol. The smallest absolute Gasteiger partial charge is 0.327 e. The lowest BCUT2D eigenvalue weighted by Gasteiger charge is -1.80. The Kier molecular flexibility index (Phi) is 10.2. The van der Waals surface area contributed by atoms with E-state index >= 15 is 0 Å². The van der Waals surface area contributed by atoms with E-state index < -0.39 is 5.97 Å². The molecule has 64 valence electrons. The molecule has 0 aromatic rings. The molecule has 0 rings (SSSR count). The molecule has 0 aromatic carbocycles. The Morgan fingerprint density at radius 3 is 1.91 bits per heavy atom. The van der Waals surface area contributed by atoms with Crippen LogP contribution in [0.15, 0.2) is 24.3 Å². The van der Waals surface area contributed by atoms with Crippen molar-refractivity contribution in [2.24, 2.45) is 0 Å². The van der Waals surface area contributed by atoms with Crippen molar-refractivity contribution in [3.05, 3.63) is 24.3 Å². The van der Waals surface area contributed by atoms with Crippen LogP contribution in [0.3, 0.4) is 0 Å². The number of hydrogen-bond donors (Lipinski definition) is 2. The normalized spacial score (nSPS) is 7.18. The molecule has 0 aliphatic rings. The van der Waals surface area contributed by atoms with Crippen LogP contribution in [0.25, 0.3) is 0 Å². The molecule has 2 N–H and O–H groups in total. The number of aliphatic hydroxyl groups is 1. The molecule has 3 nitrogen and oxygen atoms in total. The highest BCUT2D eigenvalue weighted by atomic mass is 16.4. The van der Waals surface area contributed by atoms with Gasteiger partial charge in [0.2, 0.25) is 0 Å². The van der Waals surface area contributed by atoms with Gasteiger partial charge in [0.1, 0.15) is 0 Å². The number of rotatable bonds is 2. The topological polar surface area (TPSA) is 57.5 Å². The zero-order chi connectivity index (χ0) is 9.28. The number of allylic oxidation sites excluding steroid dienone is 1. The summed E-state index contributed by atoms with van der Waals surface area (Å²) in [5, 5.41) is 15.8. The Hall–Kier alpha value is -1.09. The van der Waals surface area contributed by atoms with Gasteiger partial charge >= 0.3 is 5.97 Å². The van der Waals surface area contributed by atoms with Gasteiger partial charge in [-0.1, -0.05) is 18.2 Å². The van der Waals surface area contributed by atoms with Gasteiger partial charge in [0.05, 0.1) is 6.61 Å². The van der Waals surface area contributed by atoms with Crippen LogP contribution in [0, 0.1) is 0 Å². The van der Waals surface area contributed by atoms with Crippen LogP contribution in [0.1, 0.15) is 13.8 Å². The summed E-state index contributed by atoms with van der Waals surface area (Å²) < 4.78 is 0. The first-order valence-electron chi connectivity index (χ1n) is 3.14. The van der Waals surface area contributed by atoms with Crippen LogP contribution in [0.5, 0.6) is 0 Å². The molecule has 0 saturated heterocycles.